The highest BCUT2D eigenvalue weighted by molar-refractivity contribution is 5.27. The van der Waals surface area contributed by atoms with Gasteiger partial charge in [0.05, 0.1) is 0 Å². The number of rotatable bonds is 4. The Hall–Kier alpha value is -0.930. The van der Waals surface area contributed by atoms with Crippen molar-refractivity contribution in [1.82, 2.24) is 10.2 Å². The minimum atomic E-state index is -0.105. The van der Waals surface area contributed by atoms with Gasteiger partial charge in [-0.05, 0) is 56.5 Å². The maximum atomic E-state index is 13.6. The molecule has 1 aliphatic rings. The first-order chi connectivity index (χ1) is 9.99. The highest BCUT2D eigenvalue weighted by atomic mass is 19.1. The Labute approximate surface area is 128 Å². The molecule has 1 saturated heterocycles. The molecule has 0 amide bonds. The first kappa shape index (κ1) is 16.4. The van der Waals surface area contributed by atoms with Crippen molar-refractivity contribution >= 4 is 0 Å². The summed E-state index contributed by atoms with van der Waals surface area (Å²) in [5.74, 6) is 0.483. The molecule has 1 fully saturated rings. The molecule has 1 aromatic rings. The van der Waals surface area contributed by atoms with Gasteiger partial charge in [0.1, 0.15) is 5.82 Å². The molecule has 0 aliphatic carbocycles. The number of hydrogen-bond donors (Lipinski definition) is 1. The lowest BCUT2D eigenvalue weighted by atomic mass is 9.88. The summed E-state index contributed by atoms with van der Waals surface area (Å²) in [7, 11) is 2.21. The van der Waals surface area contributed by atoms with Crippen LogP contribution in [0.1, 0.15) is 50.3 Å². The lowest BCUT2D eigenvalue weighted by Gasteiger charge is -2.33. The first-order valence-corrected chi connectivity index (χ1v) is 8.18. The number of likely N-dealkylation sites (tertiary alicyclic amines) is 1. The quantitative estimate of drug-likeness (QED) is 0.905. The van der Waals surface area contributed by atoms with Crippen LogP contribution in [-0.2, 0) is 0 Å². The molecule has 118 valence electrons. The standard InChI is InChI=1S/C18H29FN2/c1-13(2)20-12-16-7-5-6-10-21(4)18(16)15-8-9-17(19)14(3)11-15/h8-9,11,13,16,18,20H,5-7,10,12H2,1-4H3. The molecule has 0 radical (unpaired) electrons. The smallest absolute Gasteiger partial charge is 0.126 e. The summed E-state index contributed by atoms with van der Waals surface area (Å²) in [4.78, 5) is 2.45. The normalized spacial score (nSPS) is 24.3. The number of nitrogens with zero attached hydrogens (tertiary/aromatic N) is 1. The number of hydrogen-bond acceptors (Lipinski definition) is 2. The van der Waals surface area contributed by atoms with Gasteiger partial charge in [-0.3, -0.25) is 4.90 Å². The van der Waals surface area contributed by atoms with Crippen LogP contribution in [0.3, 0.4) is 0 Å². The Morgan fingerprint density at radius 1 is 1.33 bits per heavy atom. The molecule has 2 atom stereocenters. The van der Waals surface area contributed by atoms with Gasteiger partial charge in [-0.25, -0.2) is 4.39 Å². The van der Waals surface area contributed by atoms with E-state index in [0.29, 0.717) is 18.0 Å². The zero-order valence-corrected chi connectivity index (χ0v) is 13.8. The third-order valence-corrected chi connectivity index (χ3v) is 4.57. The van der Waals surface area contributed by atoms with Gasteiger partial charge in [0.25, 0.3) is 0 Å². The average molecular weight is 292 g/mol. The second-order valence-electron chi connectivity index (χ2n) is 6.75. The van der Waals surface area contributed by atoms with E-state index >= 15 is 0 Å². The molecule has 1 aliphatic heterocycles. The van der Waals surface area contributed by atoms with Gasteiger partial charge in [-0.1, -0.05) is 32.4 Å². The monoisotopic (exact) mass is 292 g/mol. The largest absolute Gasteiger partial charge is 0.314 e. The van der Waals surface area contributed by atoms with Crippen molar-refractivity contribution in [2.45, 2.75) is 52.1 Å². The Kier molecular flexibility index (Phi) is 5.77. The van der Waals surface area contributed by atoms with Crippen LogP contribution in [0.4, 0.5) is 4.39 Å². The molecular formula is C18H29FN2. The molecule has 0 spiro atoms. The SMILES string of the molecule is Cc1cc(C2C(CNC(C)C)CCCCN2C)ccc1F. The van der Waals surface area contributed by atoms with Gasteiger partial charge < -0.3 is 5.32 Å². The fraction of sp³-hybridized carbons (Fsp3) is 0.667. The van der Waals surface area contributed by atoms with Crippen LogP contribution in [-0.4, -0.2) is 31.1 Å². The minimum Gasteiger partial charge on any atom is -0.314 e. The molecule has 0 bridgehead atoms. The van der Waals surface area contributed by atoms with E-state index in [4.69, 9.17) is 0 Å². The predicted octanol–water partition coefficient (Wildman–Crippen LogP) is 3.91. The summed E-state index contributed by atoms with van der Waals surface area (Å²) < 4.78 is 13.6. The number of nitrogens with one attached hydrogen (secondary N) is 1. The average Bonchev–Trinajstić information content (AvgIpc) is 2.61. The van der Waals surface area contributed by atoms with Crippen molar-refractivity contribution in [1.29, 1.82) is 0 Å². The second-order valence-corrected chi connectivity index (χ2v) is 6.75. The highest BCUT2D eigenvalue weighted by Crippen LogP contribution is 2.34. The van der Waals surface area contributed by atoms with Gasteiger partial charge in [0.15, 0.2) is 0 Å². The molecule has 0 saturated carbocycles. The number of aryl methyl sites for hydroxylation is 1. The third kappa shape index (κ3) is 4.27. The van der Waals surface area contributed by atoms with Crippen LogP contribution in [0.15, 0.2) is 18.2 Å². The molecular weight excluding hydrogens is 263 g/mol. The zero-order chi connectivity index (χ0) is 15.4. The molecule has 0 aromatic heterocycles. The molecule has 2 rings (SSSR count). The Morgan fingerprint density at radius 3 is 2.76 bits per heavy atom. The Morgan fingerprint density at radius 2 is 2.10 bits per heavy atom. The minimum absolute atomic E-state index is 0.105. The van der Waals surface area contributed by atoms with Crippen molar-refractivity contribution in [3.63, 3.8) is 0 Å². The van der Waals surface area contributed by atoms with Crippen LogP contribution < -0.4 is 5.32 Å². The number of halogens is 1. The summed E-state index contributed by atoms with van der Waals surface area (Å²) in [5.41, 5.74) is 2.01. The Balaban J connectivity index is 2.25. The van der Waals surface area contributed by atoms with Crippen molar-refractivity contribution in [3.8, 4) is 0 Å². The number of benzene rings is 1. The molecule has 1 N–H and O–H groups in total. The van der Waals surface area contributed by atoms with E-state index < -0.39 is 0 Å². The van der Waals surface area contributed by atoms with E-state index in [2.05, 4.69) is 31.1 Å². The van der Waals surface area contributed by atoms with Crippen LogP contribution in [0.2, 0.25) is 0 Å². The summed E-state index contributed by atoms with van der Waals surface area (Å²) in [6.45, 7) is 8.40. The molecule has 3 heteroatoms. The topological polar surface area (TPSA) is 15.3 Å². The van der Waals surface area contributed by atoms with Gasteiger partial charge in [0, 0.05) is 18.6 Å². The fourth-order valence-electron chi connectivity index (χ4n) is 3.40. The second kappa shape index (κ2) is 7.37. The maximum Gasteiger partial charge on any atom is 0.126 e. The molecule has 1 heterocycles. The van der Waals surface area contributed by atoms with Gasteiger partial charge in [-0.2, -0.15) is 0 Å². The van der Waals surface area contributed by atoms with Gasteiger partial charge in [0.2, 0.25) is 0 Å². The lowest BCUT2D eigenvalue weighted by molar-refractivity contribution is 0.187. The van der Waals surface area contributed by atoms with Gasteiger partial charge in [-0.15, -0.1) is 0 Å². The van der Waals surface area contributed by atoms with Crippen LogP contribution in [0.5, 0.6) is 0 Å². The van der Waals surface area contributed by atoms with Crippen molar-refractivity contribution in [2.24, 2.45) is 5.92 Å². The van der Waals surface area contributed by atoms with E-state index in [-0.39, 0.29) is 5.82 Å². The van der Waals surface area contributed by atoms with E-state index in [1.807, 2.05) is 19.1 Å². The van der Waals surface area contributed by atoms with E-state index in [9.17, 15) is 4.39 Å². The molecule has 2 nitrogen and oxygen atoms in total. The fourth-order valence-corrected chi connectivity index (χ4v) is 3.40. The highest BCUT2D eigenvalue weighted by Gasteiger charge is 2.29. The van der Waals surface area contributed by atoms with E-state index in [0.717, 1.165) is 18.7 Å². The van der Waals surface area contributed by atoms with Crippen LogP contribution in [0.25, 0.3) is 0 Å². The van der Waals surface area contributed by atoms with Crippen molar-refractivity contribution < 1.29 is 4.39 Å². The molecule has 2 unspecified atom stereocenters. The van der Waals surface area contributed by atoms with E-state index in [1.54, 1.807) is 6.07 Å². The van der Waals surface area contributed by atoms with Crippen molar-refractivity contribution in [3.05, 3.63) is 35.1 Å². The summed E-state index contributed by atoms with van der Waals surface area (Å²) in [5, 5.41) is 3.59. The lowest BCUT2D eigenvalue weighted by Crippen LogP contribution is -2.37. The van der Waals surface area contributed by atoms with Crippen molar-refractivity contribution in [2.75, 3.05) is 20.1 Å². The predicted molar refractivity (Wildman–Crippen MR) is 87.0 cm³/mol. The molecule has 1 aromatic carbocycles. The zero-order valence-electron chi connectivity index (χ0n) is 13.8. The maximum absolute atomic E-state index is 13.6. The Bertz CT molecular complexity index is 459. The molecule has 21 heavy (non-hydrogen) atoms. The van der Waals surface area contributed by atoms with Gasteiger partial charge >= 0.3 is 0 Å². The summed E-state index contributed by atoms with van der Waals surface area (Å²) in [6, 6.07) is 6.52. The van der Waals surface area contributed by atoms with Crippen LogP contribution >= 0.6 is 0 Å². The van der Waals surface area contributed by atoms with E-state index in [1.165, 1.54) is 24.8 Å². The van der Waals surface area contributed by atoms with Crippen LogP contribution in [0, 0.1) is 18.7 Å². The third-order valence-electron chi connectivity index (χ3n) is 4.57. The summed E-state index contributed by atoms with van der Waals surface area (Å²) in [6.07, 6.45) is 3.78. The summed E-state index contributed by atoms with van der Waals surface area (Å²) >= 11 is 0. The first-order valence-electron chi connectivity index (χ1n) is 8.18.